The Morgan fingerprint density at radius 2 is 2.15 bits per heavy atom. The zero-order valence-corrected chi connectivity index (χ0v) is 11.6. The Morgan fingerprint density at radius 1 is 1.35 bits per heavy atom. The van der Waals surface area contributed by atoms with E-state index in [9.17, 15) is 4.79 Å². The predicted molar refractivity (Wildman–Crippen MR) is 82.6 cm³/mol. The fourth-order valence-electron chi connectivity index (χ4n) is 1.60. The number of aliphatic hydroxyl groups excluding tert-OH is 1. The van der Waals surface area contributed by atoms with Crippen molar-refractivity contribution in [2.45, 2.75) is 11.7 Å². The molecule has 2 N–H and O–H groups in total. The summed E-state index contributed by atoms with van der Waals surface area (Å²) in [5.74, 6) is -0.127. The molecule has 1 aromatic carbocycles. The summed E-state index contributed by atoms with van der Waals surface area (Å²) in [6.45, 7) is -0.0125. The van der Waals surface area contributed by atoms with Crippen molar-refractivity contribution in [1.29, 1.82) is 0 Å². The van der Waals surface area contributed by atoms with Crippen molar-refractivity contribution < 1.29 is 9.90 Å². The summed E-state index contributed by atoms with van der Waals surface area (Å²) in [6, 6.07) is 9.86. The van der Waals surface area contributed by atoms with E-state index >= 15 is 0 Å². The quantitative estimate of drug-likeness (QED) is 0.639. The minimum Gasteiger partial charge on any atom is -0.396 e. The SMILES string of the molecule is O=C1N/C(=N/N=C/C=C\c2ccccc2)S[C@@H]1CCO. The van der Waals surface area contributed by atoms with Gasteiger partial charge in [-0.15, -0.1) is 5.10 Å². The van der Waals surface area contributed by atoms with Crippen molar-refractivity contribution in [2.24, 2.45) is 10.2 Å². The standard InChI is InChI=1S/C14H15N3O2S/c18-10-8-12-13(19)16-14(20-12)17-15-9-4-7-11-5-2-1-3-6-11/h1-7,9,12,18H,8,10H2,(H,16,17,19)/b7-4-,15-9+/t12-/m1/s1. The zero-order valence-electron chi connectivity index (χ0n) is 10.8. The van der Waals surface area contributed by atoms with Crippen LogP contribution in [0, 0.1) is 0 Å². The molecule has 0 radical (unpaired) electrons. The van der Waals surface area contributed by atoms with Gasteiger partial charge in [0, 0.05) is 12.8 Å². The van der Waals surface area contributed by atoms with E-state index in [4.69, 9.17) is 5.11 Å². The number of nitrogens with zero attached hydrogens (tertiary/aromatic N) is 2. The van der Waals surface area contributed by atoms with Gasteiger partial charge in [0.25, 0.3) is 0 Å². The second kappa shape index (κ2) is 7.62. The second-order valence-corrected chi connectivity index (χ2v) is 5.24. The Kier molecular flexibility index (Phi) is 5.52. The monoisotopic (exact) mass is 289 g/mol. The van der Waals surface area contributed by atoms with Gasteiger partial charge in [0.1, 0.15) is 0 Å². The molecule has 5 nitrogen and oxygen atoms in total. The number of allylic oxidation sites excluding steroid dienone is 1. The molecule has 0 bridgehead atoms. The normalized spacial score (nSPS) is 21.1. The minimum atomic E-state index is -0.270. The minimum absolute atomic E-state index is 0.0125. The maximum absolute atomic E-state index is 11.5. The van der Waals surface area contributed by atoms with E-state index in [-0.39, 0.29) is 17.8 Å². The molecule has 0 unspecified atom stereocenters. The molecule has 0 spiro atoms. The number of amides is 1. The molecule has 6 heteroatoms. The van der Waals surface area contributed by atoms with Crippen LogP contribution in [-0.2, 0) is 4.79 Å². The lowest BCUT2D eigenvalue weighted by molar-refractivity contribution is -0.119. The van der Waals surface area contributed by atoms with Crippen molar-refractivity contribution in [3.63, 3.8) is 0 Å². The van der Waals surface area contributed by atoms with Crippen LogP contribution in [0.25, 0.3) is 6.08 Å². The summed E-state index contributed by atoms with van der Waals surface area (Å²) in [6.07, 6.45) is 5.68. The van der Waals surface area contributed by atoms with Gasteiger partial charge in [-0.2, -0.15) is 5.10 Å². The van der Waals surface area contributed by atoms with E-state index in [1.165, 1.54) is 11.8 Å². The average molecular weight is 289 g/mol. The van der Waals surface area contributed by atoms with E-state index < -0.39 is 0 Å². The van der Waals surface area contributed by atoms with Gasteiger partial charge < -0.3 is 10.4 Å². The molecular formula is C14H15N3O2S. The van der Waals surface area contributed by atoms with Gasteiger partial charge in [0.2, 0.25) is 5.91 Å². The van der Waals surface area contributed by atoms with Gasteiger partial charge >= 0.3 is 0 Å². The molecule has 1 saturated heterocycles. The maximum atomic E-state index is 11.5. The third kappa shape index (κ3) is 4.32. The molecule has 104 valence electrons. The molecule has 1 aliphatic rings. The molecule has 2 rings (SSSR count). The van der Waals surface area contributed by atoms with E-state index in [2.05, 4.69) is 15.5 Å². The summed E-state index contributed by atoms with van der Waals surface area (Å²) in [5, 5.41) is 19.4. The van der Waals surface area contributed by atoms with Crippen LogP contribution in [0.5, 0.6) is 0 Å². The summed E-state index contributed by atoms with van der Waals surface area (Å²) in [7, 11) is 0. The largest absolute Gasteiger partial charge is 0.396 e. The maximum Gasteiger partial charge on any atom is 0.239 e. The van der Waals surface area contributed by atoms with Crippen molar-refractivity contribution >= 4 is 35.1 Å². The Labute approximate surface area is 121 Å². The van der Waals surface area contributed by atoms with Gasteiger partial charge in [-0.05, 0) is 18.1 Å². The van der Waals surface area contributed by atoms with Gasteiger partial charge in [-0.25, -0.2) is 0 Å². The molecule has 1 amide bonds. The molecule has 0 aromatic heterocycles. The van der Waals surface area contributed by atoms with E-state index in [1.807, 2.05) is 36.4 Å². The topological polar surface area (TPSA) is 74.0 Å². The van der Waals surface area contributed by atoms with Gasteiger partial charge in [-0.1, -0.05) is 48.2 Å². The molecule has 1 heterocycles. The first kappa shape index (κ1) is 14.5. The Bertz CT molecular complexity index is 541. The number of benzene rings is 1. The summed E-state index contributed by atoms with van der Waals surface area (Å²) in [5.41, 5.74) is 1.08. The van der Waals surface area contributed by atoms with Crippen LogP contribution < -0.4 is 5.32 Å². The van der Waals surface area contributed by atoms with Crippen LogP contribution >= 0.6 is 11.8 Å². The number of thioether (sulfide) groups is 1. The molecule has 0 saturated carbocycles. The van der Waals surface area contributed by atoms with Gasteiger partial charge in [0.05, 0.1) is 5.25 Å². The third-order valence-electron chi connectivity index (χ3n) is 2.56. The number of carbonyl (C=O) groups is 1. The first-order valence-electron chi connectivity index (χ1n) is 6.20. The fraction of sp³-hybridized carbons (Fsp3) is 0.214. The van der Waals surface area contributed by atoms with Crippen molar-refractivity contribution in [3.8, 4) is 0 Å². The molecule has 1 aliphatic heterocycles. The summed E-state index contributed by atoms with van der Waals surface area (Å²) in [4.78, 5) is 11.5. The van der Waals surface area contributed by atoms with E-state index in [0.717, 1.165) is 5.56 Å². The van der Waals surface area contributed by atoms with Crippen LogP contribution in [0.1, 0.15) is 12.0 Å². The van der Waals surface area contributed by atoms with Crippen molar-refractivity contribution in [3.05, 3.63) is 42.0 Å². The summed E-state index contributed by atoms with van der Waals surface area (Å²) < 4.78 is 0. The van der Waals surface area contributed by atoms with Crippen molar-refractivity contribution in [1.82, 2.24) is 5.32 Å². The average Bonchev–Trinajstić information content (AvgIpc) is 2.80. The highest BCUT2D eigenvalue weighted by Crippen LogP contribution is 2.21. The highest BCUT2D eigenvalue weighted by molar-refractivity contribution is 8.15. The third-order valence-corrected chi connectivity index (χ3v) is 3.70. The highest BCUT2D eigenvalue weighted by atomic mass is 32.2. The number of hydrogen-bond acceptors (Lipinski definition) is 5. The summed E-state index contributed by atoms with van der Waals surface area (Å²) >= 11 is 1.29. The van der Waals surface area contributed by atoms with Crippen LogP contribution in [-0.4, -0.2) is 34.3 Å². The number of rotatable bonds is 5. The zero-order chi connectivity index (χ0) is 14.2. The predicted octanol–water partition coefficient (Wildman–Crippen LogP) is 1.66. The lowest BCUT2D eigenvalue weighted by Gasteiger charge is -1.98. The molecule has 0 aliphatic carbocycles. The van der Waals surface area contributed by atoms with Gasteiger partial charge in [-0.3, -0.25) is 4.79 Å². The lowest BCUT2D eigenvalue weighted by Crippen LogP contribution is -2.25. The van der Waals surface area contributed by atoms with Gasteiger partial charge in [0.15, 0.2) is 5.17 Å². The van der Waals surface area contributed by atoms with E-state index in [1.54, 1.807) is 12.3 Å². The number of nitrogens with one attached hydrogen (secondary N) is 1. The fourth-order valence-corrected chi connectivity index (χ4v) is 2.51. The van der Waals surface area contributed by atoms with Crippen LogP contribution in [0.3, 0.4) is 0 Å². The van der Waals surface area contributed by atoms with Crippen molar-refractivity contribution in [2.75, 3.05) is 6.61 Å². The Balaban J connectivity index is 1.86. The molecule has 1 fully saturated rings. The second-order valence-electron chi connectivity index (χ2n) is 4.05. The molecule has 1 aromatic rings. The van der Waals surface area contributed by atoms with Crippen LogP contribution in [0.4, 0.5) is 0 Å². The molecular weight excluding hydrogens is 274 g/mol. The highest BCUT2D eigenvalue weighted by Gasteiger charge is 2.29. The van der Waals surface area contributed by atoms with Crippen LogP contribution in [0.2, 0.25) is 0 Å². The number of hydrogen-bond donors (Lipinski definition) is 2. The number of amidine groups is 1. The smallest absolute Gasteiger partial charge is 0.239 e. The Hall–Kier alpha value is -1.92. The van der Waals surface area contributed by atoms with Crippen LogP contribution in [0.15, 0.2) is 46.6 Å². The number of carbonyl (C=O) groups excluding carboxylic acids is 1. The molecule has 1 atom stereocenters. The van der Waals surface area contributed by atoms with E-state index in [0.29, 0.717) is 11.6 Å². The molecule has 20 heavy (non-hydrogen) atoms. The first-order valence-corrected chi connectivity index (χ1v) is 7.08. The Morgan fingerprint density at radius 3 is 2.90 bits per heavy atom. The first-order chi connectivity index (χ1) is 9.79. The lowest BCUT2D eigenvalue weighted by atomic mass is 10.2. The number of aliphatic hydroxyl groups is 1.